The standard InChI is InChI=1S/C16H16ClN3O/c17-15-10-18-14(9-19-15)16(21)20-7-6-13(11-20)8-12-4-2-1-3-5-12/h1-5,9-10,13H,6-8,11H2. The Morgan fingerprint density at radius 3 is 2.76 bits per heavy atom. The Morgan fingerprint density at radius 2 is 2.05 bits per heavy atom. The first-order valence-corrected chi connectivity index (χ1v) is 7.41. The SMILES string of the molecule is O=C(c1cnc(Cl)cn1)N1CCC(Cc2ccccc2)C1. The van der Waals surface area contributed by atoms with E-state index in [4.69, 9.17) is 11.6 Å². The first-order chi connectivity index (χ1) is 10.2. The van der Waals surface area contributed by atoms with Crippen LogP contribution in [0.15, 0.2) is 42.7 Å². The summed E-state index contributed by atoms with van der Waals surface area (Å²) in [5.41, 5.74) is 1.68. The number of likely N-dealkylation sites (tertiary alicyclic amines) is 1. The Labute approximate surface area is 128 Å². The molecule has 2 aromatic rings. The molecule has 108 valence electrons. The van der Waals surface area contributed by atoms with E-state index in [1.54, 1.807) is 0 Å². The molecule has 21 heavy (non-hydrogen) atoms. The lowest BCUT2D eigenvalue weighted by Gasteiger charge is -2.16. The smallest absolute Gasteiger partial charge is 0.274 e. The van der Waals surface area contributed by atoms with Crippen LogP contribution in [-0.2, 0) is 6.42 Å². The largest absolute Gasteiger partial charge is 0.337 e. The predicted octanol–water partition coefficient (Wildman–Crippen LogP) is 2.83. The summed E-state index contributed by atoms with van der Waals surface area (Å²) in [5, 5.41) is 0.301. The minimum absolute atomic E-state index is 0.0604. The number of rotatable bonds is 3. The molecule has 0 radical (unpaired) electrons. The van der Waals surface area contributed by atoms with Crippen LogP contribution in [0.3, 0.4) is 0 Å². The average Bonchev–Trinajstić information content (AvgIpc) is 2.97. The van der Waals surface area contributed by atoms with Gasteiger partial charge >= 0.3 is 0 Å². The molecule has 0 saturated carbocycles. The zero-order valence-electron chi connectivity index (χ0n) is 11.6. The van der Waals surface area contributed by atoms with Crippen LogP contribution in [0.25, 0.3) is 0 Å². The molecule has 1 atom stereocenters. The third-order valence-electron chi connectivity index (χ3n) is 3.78. The van der Waals surface area contributed by atoms with E-state index in [1.165, 1.54) is 18.0 Å². The van der Waals surface area contributed by atoms with E-state index in [9.17, 15) is 4.79 Å². The maximum Gasteiger partial charge on any atom is 0.274 e. The third-order valence-corrected chi connectivity index (χ3v) is 3.97. The van der Waals surface area contributed by atoms with Gasteiger partial charge in [-0.25, -0.2) is 9.97 Å². The van der Waals surface area contributed by atoms with Crippen LogP contribution < -0.4 is 0 Å². The van der Waals surface area contributed by atoms with Gasteiger partial charge in [0.1, 0.15) is 10.8 Å². The van der Waals surface area contributed by atoms with Crippen molar-refractivity contribution in [3.05, 3.63) is 59.1 Å². The fourth-order valence-electron chi connectivity index (χ4n) is 2.72. The second-order valence-electron chi connectivity index (χ2n) is 5.32. The van der Waals surface area contributed by atoms with Gasteiger partial charge in [0.15, 0.2) is 0 Å². The molecule has 0 bridgehead atoms. The van der Waals surface area contributed by atoms with Crippen LogP contribution in [0.5, 0.6) is 0 Å². The number of benzene rings is 1. The number of carbonyl (C=O) groups excluding carboxylic acids is 1. The van der Waals surface area contributed by atoms with E-state index in [1.807, 2.05) is 11.0 Å². The summed E-state index contributed by atoms with van der Waals surface area (Å²) in [7, 11) is 0. The summed E-state index contributed by atoms with van der Waals surface area (Å²) in [5.74, 6) is 0.450. The molecular weight excluding hydrogens is 286 g/mol. The van der Waals surface area contributed by atoms with Gasteiger partial charge in [0.25, 0.3) is 5.91 Å². The summed E-state index contributed by atoms with van der Waals surface area (Å²) in [6.07, 6.45) is 4.89. The monoisotopic (exact) mass is 301 g/mol. The molecule has 1 aliphatic rings. The predicted molar refractivity (Wildman–Crippen MR) is 81.2 cm³/mol. The number of amides is 1. The van der Waals surface area contributed by atoms with E-state index < -0.39 is 0 Å². The lowest BCUT2D eigenvalue weighted by Crippen LogP contribution is -2.29. The lowest BCUT2D eigenvalue weighted by molar-refractivity contribution is 0.0781. The molecule has 0 aliphatic carbocycles. The zero-order chi connectivity index (χ0) is 14.7. The van der Waals surface area contributed by atoms with Crippen molar-refractivity contribution in [3.8, 4) is 0 Å². The molecule has 1 fully saturated rings. The van der Waals surface area contributed by atoms with Gasteiger partial charge < -0.3 is 4.90 Å². The fraction of sp³-hybridized carbons (Fsp3) is 0.312. The van der Waals surface area contributed by atoms with Gasteiger partial charge in [-0.2, -0.15) is 0 Å². The third kappa shape index (κ3) is 3.39. The Morgan fingerprint density at radius 1 is 1.24 bits per heavy atom. The van der Waals surface area contributed by atoms with E-state index in [2.05, 4.69) is 34.2 Å². The van der Waals surface area contributed by atoms with E-state index >= 15 is 0 Å². The molecule has 1 amide bonds. The summed E-state index contributed by atoms with van der Waals surface area (Å²) < 4.78 is 0. The Bertz CT molecular complexity index is 615. The Hall–Kier alpha value is -1.94. The molecule has 1 saturated heterocycles. The van der Waals surface area contributed by atoms with Crippen molar-refractivity contribution in [2.45, 2.75) is 12.8 Å². The number of aromatic nitrogens is 2. The van der Waals surface area contributed by atoms with E-state index in [-0.39, 0.29) is 5.91 Å². The quantitative estimate of drug-likeness (QED) is 0.876. The molecule has 4 nitrogen and oxygen atoms in total. The topological polar surface area (TPSA) is 46.1 Å². The summed E-state index contributed by atoms with van der Waals surface area (Å²) >= 11 is 5.69. The van der Waals surface area contributed by atoms with Crippen LogP contribution in [0.4, 0.5) is 0 Å². The van der Waals surface area contributed by atoms with E-state index in [0.717, 1.165) is 25.9 Å². The van der Waals surface area contributed by atoms with Crippen molar-refractivity contribution in [2.75, 3.05) is 13.1 Å². The maximum atomic E-state index is 12.3. The molecule has 5 heteroatoms. The van der Waals surface area contributed by atoms with Crippen LogP contribution in [0.1, 0.15) is 22.5 Å². The number of carbonyl (C=O) groups is 1. The lowest BCUT2D eigenvalue weighted by atomic mass is 9.99. The first-order valence-electron chi connectivity index (χ1n) is 7.03. The molecule has 1 aliphatic heterocycles. The van der Waals surface area contributed by atoms with Crippen molar-refractivity contribution in [3.63, 3.8) is 0 Å². The molecule has 0 spiro atoms. The highest BCUT2D eigenvalue weighted by molar-refractivity contribution is 6.29. The number of nitrogens with zero attached hydrogens (tertiary/aromatic N) is 3. The molecule has 1 aromatic carbocycles. The van der Waals surface area contributed by atoms with Crippen molar-refractivity contribution in [1.29, 1.82) is 0 Å². The van der Waals surface area contributed by atoms with Crippen LogP contribution in [0.2, 0.25) is 5.15 Å². The van der Waals surface area contributed by atoms with Gasteiger partial charge in [-0.15, -0.1) is 0 Å². The normalized spacial score (nSPS) is 18.0. The van der Waals surface area contributed by atoms with Gasteiger partial charge in [-0.3, -0.25) is 4.79 Å². The average molecular weight is 302 g/mol. The van der Waals surface area contributed by atoms with Gasteiger partial charge in [-0.05, 0) is 24.3 Å². The number of hydrogen-bond donors (Lipinski definition) is 0. The van der Waals surface area contributed by atoms with Crippen molar-refractivity contribution in [2.24, 2.45) is 5.92 Å². The van der Waals surface area contributed by atoms with Gasteiger partial charge in [0.05, 0.1) is 12.4 Å². The molecule has 1 aromatic heterocycles. The Balaban J connectivity index is 1.61. The van der Waals surface area contributed by atoms with Gasteiger partial charge in [0, 0.05) is 13.1 Å². The molecule has 2 heterocycles. The summed E-state index contributed by atoms with van der Waals surface area (Å²) in [6, 6.07) is 10.4. The minimum atomic E-state index is -0.0604. The van der Waals surface area contributed by atoms with Crippen molar-refractivity contribution >= 4 is 17.5 Å². The molecule has 1 unspecified atom stereocenters. The second kappa shape index (κ2) is 6.22. The molecular formula is C16H16ClN3O. The van der Waals surface area contributed by atoms with Crippen LogP contribution >= 0.6 is 11.6 Å². The zero-order valence-corrected chi connectivity index (χ0v) is 12.3. The summed E-state index contributed by atoms with van der Waals surface area (Å²) in [6.45, 7) is 1.55. The maximum absolute atomic E-state index is 12.3. The first kappa shape index (κ1) is 14.0. The Kier molecular flexibility index (Phi) is 4.15. The van der Waals surface area contributed by atoms with Crippen LogP contribution in [-0.4, -0.2) is 33.9 Å². The minimum Gasteiger partial charge on any atom is -0.337 e. The fourth-order valence-corrected chi connectivity index (χ4v) is 2.81. The van der Waals surface area contributed by atoms with Crippen molar-refractivity contribution in [1.82, 2.24) is 14.9 Å². The molecule has 0 N–H and O–H groups in total. The molecule has 3 rings (SSSR count). The van der Waals surface area contributed by atoms with Gasteiger partial charge in [0.2, 0.25) is 0 Å². The number of halogens is 1. The highest BCUT2D eigenvalue weighted by Gasteiger charge is 2.27. The van der Waals surface area contributed by atoms with E-state index in [0.29, 0.717) is 16.8 Å². The van der Waals surface area contributed by atoms with Gasteiger partial charge in [-0.1, -0.05) is 41.9 Å². The number of hydrogen-bond acceptors (Lipinski definition) is 3. The van der Waals surface area contributed by atoms with Crippen molar-refractivity contribution < 1.29 is 4.79 Å². The highest BCUT2D eigenvalue weighted by atomic mass is 35.5. The van der Waals surface area contributed by atoms with Crippen LogP contribution in [0, 0.1) is 5.92 Å². The summed E-state index contributed by atoms with van der Waals surface area (Å²) in [4.78, 5) is 22.1. The second-order valence-corrected chi connectivity index (χ2v) is 5.71. The highest BCUT2D eigenvalue weighted by Crippen LogP contribution is 2.22.